The van der Waals surface area contributed by atoms with Crippen molar-refractivity contribution in [3.63, 3.8) is 0 Å². The Hall–Kier alpha value is -2.64. The smallest absolute Gasteiger partial charge is 0.407 e. The summed E-state index contributed by atoms with van der Waals surface area (Å²) in [5.41, 5.74) is 0.0681. The number of rotatable bonds is 7. The predicted octanol–water partition coefficient (Wildman–Crippen LogP) is 5.64. The Morgan fingerprint density at radius 2 is 1.92 bits per heavy atom. The number of nitro groups is 1. The van der Waals surface area contributed by atoms with E-state index in [1.807, 2.05) is 4.90 Å². The molecule has 198 valence electrons. The van der Waals surface area contributed by atoms with E-state index in [0.717, 1.165) is 18.4 Å². The summed E-state index contributed by atoms with van der Waals surface area (Å²) in [5, 5.41) is 24.7. The van der Waals surface area contributed by atoms with Crippen LogP contribution in [0.1, 0.15) is 66.4 Å². The van der Waals surface area contributed by atoms with Gasteiger partial charge in [-0.2, -0.15) is 5.26 Å². The second-order valence-corrected chi connectivity index (χ2v) is 17.4. The molecule has 0 aromatic heterocycles. The highest BCUT2D eigenvalue weighted by atomic mass is 28.4. The highest BCUT2D eigenvalue weighted by molar-refractivity contribution is 6.74. The zero-order valence-electron chi connectivity index (χ0n) is 22.8. The van der Waals surface area contributed by atoms with Gasteiger partial charge < -0.3 is 19.4 Å². The van der Waals surface area contributed by atoms with Gasteiger partial charge in [-0.25, -0.2) is 4.79 Å². The summed E-state index contributed by atoms with van der Waals surface area (Å²) in [6.45, 7) is 17.1. The van der Waals surface area contributed by atoms with Gasteiger partial charge in [0.05, 0.1) is 35.1 Å². The van der Waals surface area contributed by atoms with E-state index in [9.17, 15) is 20.2 Å². The van der Waals surface area contributed by atoms with Crippen molar-refractivity contribution >= 4 is 25.8 Å². The zero-order valence-corrected chi connectivity index (χ0v) is 23.8. The first kappa shape index (κ1) is 27.9. The monoisotopic (exact) mass is 516 g/mol. The summed E-state index contributed by atoms with van der Waals surface area (Å²) < 4.78 is 12.0. The number of nitrogens with zero attached hydrogens (tertiary/aromatic N) is 3. The molecule has 0 radical (unpaired) electrons. The molecule has 1 saturated carbocycles. The van der Waals surface area contributed by atoms with Gasteiger partial charge in [-0.05, 0) is 69.8 Å². The van der Waals surface area contributed by atoms with Gasteiger partial charge in [0.2, 0.25) is 0 Å². The Bertz CT molecular complexity index is 1050. The second-order valence-electron chi connectivity index (χ2n) is 12.6. The summed E-state index contributed by atoms with van der Waals surface area (Å²) in [6.07, 6.45) is 1.56. The average Bonchev–Trinajstić information content (AvgIpc) is 3.44. The minimum absolute atomic E-state index is 0.0114. The number of alkyl carbamates (subject to hydrolysis) is 1. The van der Waals surface area contributed by atoms with Crippen LogP contribution in [0.2, 0.25) is 18.1 Å². The molecule has 9 nitrogen and oxygen atoms in total. The van der Waals surface area contributed by atoms with E-state index in [2.05, 4.69) is 45.3 Å². The molecular weight excluding hydrogens is 476 g/mol. The van der Waals surface area contributed by atoms with Crippen molar-refractivity contribution < 1.29 is 18.9 Å². The van der Waals surface area contributed by atoms with Crippen LogP contribution in [-0.2, 0) is 14.6 Å². The number of benzene rings is 1. The minimum Gasteiger partial charge on any atom is -0.444 e. The SMILES string of the molecule is CC(C)(C)OC(=O)N[C@H]1C[C@@H](CO[Si](C)(C)C(C)(C)C)N(c2cc(C3(C#N)CC3)ccc2[N+](=O)[O-])C1. The number of hydrogen-bond donors (Lipinski definition) is 1. The molecule has 1 aliphatic carbocycles. The van der Waals surface area contributed by atoms with Gasteiger partial charge in [-0.3, -0.25) is 10.1 Å². The normalized spacial score (nSPS) is 21.6. The lowest BCUT2D eigenvalue weighted by Crippen LogP contribution is -2.45. The number of anilines is 1. The van der Waals surface area contributed by atoms with Crippen LogP contribution in [0.25, 0.3) is 0 Å². The van der Waals surface area contributed by atoms with E-state index in [4.69, 9.17) is 9.16 Å². The van der Waals surface area contributed by atoms with Gasteiger partial charge in [0.1, 0.15) is 11.3 Å². The van der Waals surface area contributed by atoms with Crippen molar-refractivity contribution in [1.82, 2.24) is 5.32 Å². The molecule has 3 rings (SSSR count). The van der Waals surface area contributed by atoms with E-state index in [0.29, 0.717) is 25.3 Å². The first-order valence-corrected chi connectivity index (χ1v) is 15.5. The third-order valence-electron chi connectivity index (χ3n) is 7.58. The van der Waals surface area contributed by atoms with Crippen molar-refractivity contribution in [1.29, 1.82) is 5.26 Å². The van der Waals surface area contributed by atoms with Crippen molar-refractivity contribution in [2.75, 3.05) is 18.1 Å². The summed E-state index contributed by atoms with van der Waals surface area (Å²) in [5.74, 6) is 0. The van der Waals surface area contributed by atoms with Gasteiger partial charge in [0.15, 0.2) is 8.32 Å². The summed E-state index contributed by atoms with van der Waals surface area (Å²) in [4.78, 5) is 26.1. The number of nitriles is 1. The largest absolute Gasteiger partial charge is 0.444 e. The summed E-state index contributed by atoms with van der Waals surface area (Å²) >= 11 is 0. The summed E-state index contributed by atoms with van der Waals surface area (Å²) in [7, 11) is -2.08. The van der Waals surface area contributed by atoms with E-state index < -0.39 is 25.4 Å². The molecule has 1 aromatic rings. The van der Waals surface area contributed by atoms with Gasteiger partial charge in [-0.15, -0.1) is 0 Å². The molecule has 0 unspecified atom stereocenters. The number of nitrogens with one attached hydrogen (secondary N) is 1. The maximum atomic E-state index is 12.5. The van der Waals surface area contributed by atoms with Crippen LogP contribution in [0, 0.1) is 21.4 Å². The number of nitro benzene ring substituents is 1. The predicted molar refractivity (Wildman–Crippen MR) is 142 cm³/mol. The van der Waals surface area contributed by atoms with Crippen molar-refractivity contribution in [3.05, 3.63) is 33.9 Å². The van der Waals surface area contributed by atoms with Crippen LogP contribution in [0.15, 0.2) is 18.2 Å². The van der Waals surface area contributed by atoms with Crippen LogP contribution in [0.4, 0.5) is 16.2 Å². The Kier molecular flexibility index (Phi) is 7.50. The van der Waals surface area contributed by atoms with Gasteiger partial charge in [0, 0.05) is 12.6 Å². The number of hydrogen-bond acceptors (Lipinski definition) is 7. The lowest BCUT2D eigenvalue weighted by Gasteiger charge is -2.38. The van der Waals surface area contributed by atoms with E-state index >= 15 is 0 Å². The lowest BCUT2D eigenvalue weighted by atomic mass is 9.96. The molecular formula is C26H40N4O5Si. The van der Waals surface area contributed by atoms with Crippen LogP contribution < -0.4 is 10.2 Å². The quantitative estimate of drug-likeness (QED) is 0.283. The number of carbonyl (C=O) groups excluding carboxylic acids is 1. The van der Waals surface area contributed by atoms with E-state index in [-0.39, 0.29) is 27.7 Å². The molecule has 2 atom stereocenters. The van der Waals surface area contributed by atoms with Crippen LogP contribution in [-0.4, -0.2) is 50.2 Å². The first-order chi connectivity index (χ1) is 16.5. The molecule has 2 aliphatic rings. The molecule has 1 aliphatic heterocycles. The van der Waals surface area contributed by atoms with Crippen LogP contribution >= 0.6 is 0 Å². The van der Waals surface area contributed by atoms with Crippen LogP contribution in [0.5, 0.6) is 0 Å². The van der Waals surface area contributed by atoms with E-state index in [1.165, 1.54) is 6.07 Å². The van der Waals surface area contributed by atoms with E-state index in [1.54, 1.807) is 32.9 Å². The minimum atomic E-state index is -2.08. The molecule has 1 N–H and O–H groups in total. The number of ether oxygens (including phenoxy) is 1. The summed E-state index contributed by atoms with van der Waals surface area (Å²) in [6, 6.07) is 6.94. The topological polar surface area (TPSA) is 118 Å². The lowest BCUT2D eigenvalue weighted by molar-refractivity contribution is -0.384. The fourth-order valence-corrected chi connectivity index (χ4v) is 5.31. The van der Waals surface area contributed by atoms with Crippen molar-refractivity contribution in [2.45, 2.75) is 102 Å². The molecule has 36 heavy (non-hydrogen) atoms. The maximum Gasteiger partial charge on any atom is 0.407 e. The Labute approximate surface area is 215 Å². The Morgan fingerprint density at radius 1 is 1.28 bits per heavy atom. The molecule has 1 heterocycles. The Balaban J connectivity index is 1.94. The van der Waals surface area contributed by atoms with Crippen LogP contribution in [0.3, 0.4) is 0 Å². The van der Waals surface area contributed by atoms with Crippen molar-refractivity contribution in [2.24, 2.45) is 0 Å². The fraction of sp³-hybridized carbons (Fsp3) is 0.692. The maximum absolute atomic E-state index is 12.5. The van der Waals surface area contributed by atoms with Crippen molar-refractivity contribution in [3.8, 4) is 6.07 Å². The standard InChI is InChI=1S/C26H40N4O5Si/c1-24(2,3)35-23(31)28-19-14-20(16-34-36(7,8)25(4,5)6)29(15-19)22-13-18(26(17-27)11-12-26)9-10-21(22)30(32)33/h9-10,13,19-20H,11-12,14-16H2,1-8H3,(H,28,31)/t19-,20-/m0/s1. The van der Waals surface area contributed by atoms with Gasteiger partial charge in [0.25, 0.3) is 5.69 Å². The first-order valence-electron chi connectivity index (χ1n) is 12.6. The third kappa shape index (κ3) is 6.18. The molecule has 1 aromatic carbocycles. The van der Waals surface area contributed by atoms with Gasteiger partial charge in [-0.1, -0.05) is 26.8 Å². The molecule has 0 bridgehead atoms. The average molecular weight is 517 g/mol. The molecule has 0 spiro atoms. The number of amides is 1. The zero-order chi connectivity index (χ0) is 27.1. The van der Waals surface area contributed by atoms with Gasteiger partial charge >= 0.3 is 6.09 Å². The second kappa shape index (κ2) is 9.67. The molecule has 2 fully saturated rings. The third-order valence-corrected chi connectivity index (χ3v) is 12.1. The molecule has 1 saturated heterocycles. The highest BCUT2D eigenvalue weighted by Crippen LogP contribution is 2.49. The molecule has 1 amide bonds. The fourth-order valence-electron chi connectivity index (χ4n) is 4.27. The highest BCUT2D eigenvalue weighted by Gasteiger charge is 2.47. The Morgan fingerprint density at radius 3 is 2.42 bits per heavy atom. The molecule has 10 heteroatoms. The number of carbonyl (C=O) groups is 1.